The molecule has 2 aromatic heterocycles. The normalized spacial score (nSPS) is 12.2. The quantitative estimate of drug-likeness (QED) is 0.370. The Morgan fingerprint density at radius 2 is 1.69 bits per heavy atom. The second-order valence-corrected chi connectivity index (χ2v) is 8.34. The molecule has 0 bridgehead atoms. The first-order valence-electron chi connectivity index (χ1n) is 10.9. The Hall–Kier alpha value is -3.92. The standard InChI is InChI=1S/C28H25N3O/c1-18-15-23-24(29-17-18)13-8-14-25(23)30-20(3)26-16-21-10-7-9-19(2)27(21)28(32)31(26)22-11-5-4-6-12-22/h4-17,20,30H,1-3H3/t20-/m0/s1. The fraction of sp³-hybridized carbons (Fsp3) is 0.143. The Morgan fingerprint density at radius 1 is 0.906 bits per heavy atom. The van der Waals surface area contributed by atoms with Gasteiger partial charge in [-0.3, -0.25) is 14.3 Å². The maximum Gasteiger partial charge on any atom is 0.263 e. The minimum atomic E-state index is -0.112. The monoisotopic (exact) mass is 419 g/mol. The van der Waals surface area contributed by atoms with Crippen LogP contribution < -0.4 is 10.9 Å². The summed E-state index contributed by atoms with van der Waals surface area (Å²) >= 11 is 0. The number of nitrogens with zero attached hydrogens (tertiary/aromatic N) is 2. The van der Waals surface area contributed by atoms with Gasteiger partial charge in [-0.25, -0.2) is 0 Å². The number of benzene rings is 3. The molecule has 1 N–H and O–H groups in total. The molecule has 0 saturated heterocycles. The Balaban J connectivity index is 1.70. The Morgan fingerprint density at radius 3 is 2.50 bits per heavy atom. The first-order chi connectivity index (χ1) is 15.5. The summed E-state index contributed by atoms with van der Waals surface area (Å²) in [5.74, 6) is 0. The van der Waals surface area contributed by atoms with Gasteiger partial charge in [-0.1, -0.05) is 42.5 Å². The number of hydrogen-bond acceptors (Lipinski definition) is 3. The Kier molecular flexibility index (Phi) is 4.98. The summed E-state index contributed by atoms with van der Waals surface area (Å²) in [7, 11) is 0. The maximum atomic E-state index is 13.7. The molecule has 2 heterocycles. The number of nitrogens with one attached hydrogen (secondary N) is 1. The zero-order valence-electron chi connectivity index (χ0n) is 18.5. The molecule has 0 unspecified atom stereocenters. The van der Waals surface area contributed by atoms with Crippen molar-refractivity contribution in [2.45, 2.75) is 26.8 Å². The van der Waals surface area contributed by atoms with E-state index in [1.54, 1.807) is 0 Å². The molecule has 0 aliphatic rings. The first kappa shape index (κ1) is 20.0. The van der Waals surface area contributed by atoms with Gasteiger partial charge in [0, 0.05) is 28.7 Å². The van der Waals surface area contributed by atoms with E-state index in [0.717, 1.165) is 49.9 Å². The van der Waals surface area contributed by atoms with Gasteiger partial charge in [-0.2, -0.15) is 0 Å². The number of aromatic nitrogens is 2. The van der Waals surface area contributed by atoms with Crippen LogP contribution in [0.25, 0.3) is 27.4 Å². The molecule has 0 fully saturated rings. The highest BCUT2D eigenvalue weighted by Gasteiger charge is 2.18. The third kappa shape index (κ3) is 3.44. The zero-order chi connectivity index (χ0) is 22.2. The predicted molar refractivity (Wildman–Crippen MR) is 133 cm³/mol. The minimum absolute atomic E-state index is 0.00545. The number of anilines is 1. The lowest BCUT2D eigenvalue weighted by Crippen LogP contribution is -2.26. The van der Waals surface area contributed by atoms with E-state index < -0.39 is 0 Å². The highest BCUT2D eigenvalue weighted by Crippen LogP contribution is 2.29. The summed E-state index contributed by atoms with van der Waals surface area (Å²) in [6.45, 7) is 6.13. The van der Waals surface area contributed by atoms with Crippen LogP contribution in [0.15, 0.2) is 89.9 Å². The van der Waals surface area contributed by atoms with Crippen molar-refractivity contribution in [3.8, 4) is 5.69 Å². The molecule has 3 aromatic carbocycles. The summed E-state index contributed by atoms with van der Waals surface area (Å²) in [5, 5.41) is 6.44. The average molecular weight is 420 g/mol. The van der Waals surface area contributed by atoms with Gasteiger partial charge in [-0.05, 0) is 73.7 Å². The van der Waals surface area contributed by atoms with Gasteiger partial charge < -0.3 is 5.32 Å². The van der Waals surface area contributed by atoms with Crippen LogP contribution in [0, 0.1) is 13.8 Å². The van der Waals surface area contributed by atoms with Crippen LogP contribution in [-0.4, -0.2) is 9.55 Å². The van der Waals surface area contributed by atoms with Gasteiger partial charge in [0.25, 0.3) is 5.56 Å². The van der Waals surface area contributed by atoms with Crippen molar-refractivity contribution in [1.82, 2.24) is 9.55 Å². The lowest BCUT2D eigenvalue weighted by atomic mass is 10.0. The van der Waals surface area contributed by atoms with E-state index in [0.29, 0.717) is 0 Å². The van der Waals surface area contributed by atoms with E-state index in [-0.39, 0.29) is 11.6 Å². The van der Waals surface area contributed by atoms with Crippen LogP contribution in [-0.2, 0) is 0 Å². The van der Waals surface area contributed by atoms with Crippen molar-refractivity contribution in [2.75, 3.05) is 5.32 Å². The van der Waals surface area contributed by atoms with Crippen molar-refractivity contribution in [2.24, 2.45) is 0 Å². The largest absolute Gasteiger partial charge is 0.376 e. The van der Waals surface area contributed by atoms with Gasteiger partial charge in [0.05, 0.1) is 16.9 Å². The highest BCUT2D eigenvalue weighted by molar-refractivity contribution is 5.92. The van der Waals surface area contributed by atoms with Gasteiger partial charge in [0.1, 0.15) is 0 Å². The molecule has 4 heteroatoms. The fourth-order valence-electron chi connectivity index (χ4n) is 4.40. The minimum Gasteiger partial charge on any atom is -0.376 e. The van der Waals surface area contributed by atoms with Crippen LogP contribution in [0.3, 0.4) is 0 Å². The van der Waals surface area contributed by atoms with Crippen molar-refractivity contribution < 1.29 is 0 Å². The second-order valence-electron chi connectivity index (χ2n) is 8.34. The van der Waals surface area contributed by atoms with Crippen molar-refractivity contribution in [3.05, 3.63) is 112 Å². The number of pyridine rings is 2. The molecule has 0 radical (unpaired) electrons. The van der Waals surface area contributed by atoms with Crippen LogP contribution in [0.1, 0.15) is 29.8 Å². The number of rotatable bonds is 4. The molecule has 0 spiro atoms. The first-order valence-corrected chi connectivity index (χ1v) is 10.9. The van der Waals surface area contributed by atoms with E-state index in [1.807, 2.05) is 85.3 Å². The summed E-state index contributed by atoms with van der Waals surface area (Å²) in [6.07, 6.45) is 1.88. The number of aryl methyl sites for hydroxylation is 2. The summed E-state index contributed by atoms with van der Waals surface area (Å²) in [4.78, 5) is 18.3. The lowest BCUT2D eigenvalue weighted by molar-refractivity contribution is 0.778. The van der Waals surface area contributed by atoms with Crippen molar-refractivity contribution >= 4 is 27.4 Å². The third-order valence-corrected chi connectivity index (χ3v) is 5.98. The summed E-state index contributed by atoms with van der Waals surface area (Å²) < 4.78 is 1.83. The predicted octanol–water partition coefficient (Wildman–Crippen LogP) is 6.33. The van der Waals surface area contributed by atoms with Gasteiger partial charge in [0.15, 0.2) is 0 Å². The van der Waals surface area contributed by atoms with Crippen LogP contribution in [0.4, 0.5) is 5.69 Å². The molecule has 0 amide bonds. The van der Waals surface area contributed by atoms with Crippen molar-refractivity contribution in [3.63, 3.8) is 0 Å². The molecule has 5 aromatic rings. The van der Waals surface area contributed by atoms with E-state index in [1.165, 1.54) is 0 Å². The van der Waals surface area contributed by atoms with E-state index in [4.69, 9.17) is 0 Å². The van der Waals surface area contributed by atoms with Crippen LogP contribution >= 0.6 is 0 Å². The zero-order valence-corrected chi connectivity index (χ0v) is 18.5. The maximum absolute atomic E-state index is 13.7. The molecule has 158 valence electrons. The number of hydrogen-bond donors (Lipinski definition) is 1. The molecule has 5 rings (SSSR count). The van der Waals surface area contributed by atoms with Gasteiger partial charge in [0.2, 0.25) is 0 Å². The number of para-hydroxylation sites is 1. The van der Waals surface area contributed by atoms with E-state index in [9.17, 15) is 4.79 Å². The molecule has 1 atom stereocenters. The molecular weight excluding hydrogens is 394 g/mol. The molecule has 0 aliphatic carbocycles. The van der Waals surface area contributed by atoms with E-state index >= 15 is 0 Å². The molecular formula is C28H25N3O. The SMILES string of the molecule is Cc1cnc2cccc(N[C@@H](C)c3cc4cccc(C)c4c(=O)n3-c3ccccc3)c2c1. The molecule has 32 heavy (non-hydrogen) atoms. The average Bonchev–Trinajstić information content (AvgIpc) is 2.80. The number of fused-ring (bicyclic) bond motifs is 2. The van der Waals surface area contributed by atoms with Gasteiger partial charge in [-0.15, -0.1) is 0 Å². The second kappa shape index (κ2) is 7.97. The molecule has 0 aliphatic heterocycles. The van der Waals surface area contributed by atoms with Crippen LogP contribution in [0.5, 0.6) is 0 Å². The third-order valence-electron chi connectivity index (χ3n) is 5.98. The lowest BCUT2D eigenvalue weighted by Gasteiger charge is -2.23. The van der Waals surface area contributed by atoms with E-state index in [2.05, 4.69) is 35.4 Å². The molecule has 0 saturated carbocycles. The summed E-state index contributed by atoms with van der Waals surface area (Å²) in [5.41, 5.74) is 5.83. The topological polar surface area (TPSA) is 46.9 Å². The fourth-order valence-corrected chi connectivity index (χ4v) is 4.40. The highest BCUT2D eigenvalue weighted by atomic mass is 16.1. The molecule has 4 nitrogen and oxygen atoms in total. The smallest absolute Gasteiger partial charge is 0.263 e. The Labute approximate surface area is 187 Å². The van der Waals surface area contributed by atoms with Gasteiger partial charge >= 0.3 is 0 Å². The Bertz CT molecular complexity index is 1500. The van der Waals surface area contributed by atoms with Crippen molar-refractivity contribution in [1.29, 1.82) is 0 Å². The summed E-state index contributed by atoms with van der Waals surface area (Å²) in [6, 6.07) is 26.1. The van der Waals surface area contributed by atoms with Crippen LogP contribution in [0.2, 0.25) is 0 Å².